The molecule has 1 fully saturated rings. The molecule has 4 aromatic rings. The molecule has 8 nitrogen and oxygen atoms in total. The Morgan fingerprint density at radius 2 is 2.06 bits per heavy atom. The number of hydrogen-bond donors (Lipinski definition) is 3. The monoisotopic (exact) mass is 476 g/mol. The molecule has 1 aliphatic heterocycles. The number of morpholine rings is 1. The van der Waals surface area contributed by atoms with Crippen LogP contribution in [0.4, 0.5) is 11.5 Å². The van der Waals surface area contributed by atoms with Crippen LogP contribution in [0.25, 0.3) is 22.4 Å². The number of para-hydroxylation sites is 1. The van der Waals surface area contributed by atoms with Crippen molar-refractivity contribution in [2.24, 2.45) is 7.05 Å². The van der Waals surface area contributed by atoms with Crippen LogP contribution in [0.1, 0.15) is 29.9 Å². The molecule has 1 aliphatic rings. The summed E-state index contributed by atoms with van der Waals surface area (Å²) in [4.78, 5) is 24.3. The number of carbonyl (C=O) groups is 1. The Hall–Kier alpha value is -3.30. The number of anilines is 2. The maximum Gasteiger partial charge on any atom is 0.259 e. The number of aromatic nitrogens is 4. The molecule has 1 saturated heterocycles. The summed E-state index contributed by atoms with van der Waals surface area (Å²) in [7, 11) is 1.80. The number of imidazole rings is 1. The highest BCUT2D eigenvalue weighted by Gasteiger charge is 2.27. The summed E-state index contributed by atoms with van der Waals surface area (Å²) in [5, 5.41) is 7.21. The van der Waals surface area contributed by atoms with E-state index in [1.165, 1.54) is 0 Å². The van der Waals surface area contributed by atoms with E-state index in [1.54, 1.807) is 17.8 Å². The fourth-order valence-electron chi connectivity index (χ4n) is 4.41. The van der Waals surface area contributed by atoms with E-state index >= 15 is 0 Å². The minimum atomic E-state index is -0.233. The van der Waals surface area contributed by atoms with Crippen LogP contribution in [0.5, 0.6) is 0 Å². The number of ether oxygens (including phenoxy) is 1. The number of rotatable bonds is 4. The largest absolute Gasteiger partial charge is 0.372 e. The average molecular weight is 477 g/mol. The van der Waals surface area contributed by atoms with Crippen molar-refractivity contribution in [3.8, 4) is 11.4 Å². The highest BCUT2D eigenvalue weighted by atomic mass is 32.1. The Kier molecular flexibility index (Phi) is 5.61. The molecule has 5 rings (SSSR count). The van der Waals surface area contributed by atoms with E-state index in [1.807, 2.05) is 31.2 Å². The molecule has 176 valence electrons. The fraction of sp³-hybridized carbons (Fsp3) is 0.320. The van der Waals surface area contributed by atoms with Crippen molar-refractivity contribution in [2.45, 2.75) is 31.3 Å². The predicted octanol–water partition coefficient (Wildman–Crippen LogP) is 4.43. The van der Waals surface area contributed by atoms with Crippen LogP contribution in [-0.2, 0) is 11.8 Å². The van der Waals surface area contributed by atoms with Gasteiger partial charge in [0.1, 0.15) is 17.2 Å². The van der Waals surface area contributed by atoms with Gasteiger partial charge >= 0.3 is 0 Å². The number of nitrogens with zero attached hydrogens (tertiary/aromatic N) is 4. The third-order valence-corrected chi connectivity index (χ3v) is 6.40. The molecular formula is C25H28N6O2S. The predicted molar refractivity (Wildman–Crippen MR) is 137 cm³/mol. The normalized spacial score (nSPS) is 15.6. The molecule has 2 N–H and O–H groups in total. The maximum absolute atomic E-state index is 13.0. The number of H-pyrrole nitrogens is 1. The first-order chi connectivity index (χ1) is 16.2. The van der Waals surface area contributed by atoms with E-state index in [0.29, 0.717) is 29.3 Å². The van der Waals surface area contributed by atoms with Gasteiger partial charge in [0.15, 0.2) is 0 Å². The molecule has 1 amide bonds. The number of thiol groups is 1. The zero-order valence-corrected chi connectivity index (χ0v) is 20.6. The summed E-state index contributed by atoms with van der Waals surface area (Å²) in [6.07, 6.45) is 0. The lowest BCUT2D eigenvalue weighted by molar-refractivity contribution is -0.0277. The van der Waals surface area contributed by atoms with Gasteiger partial charge in [-0.1, -0.05) is 6.07 Å². The van der Waals surface area contributed by atoms with Crippen LogP contribution in [0.15, 0.2) is 47.4 Å². The molecule has 0 bridgehead atoms. The van der Waals surface area contributed by atoms with Crippen LogP contribution in [0.3, 0.4) is 0 Å². The number of carbonyl (C=O) groups excluding carboxylic acids is 1. The molecule has 34 heavy (non-hydrogen) atoms. The van der Waals surface area contributed by atoms with Gasteiger partial charge in [-0.2, -0.15) is 5.10 Å². The van der Waals surface area contributed by atoms with Gasteiger partial charge in [-0.3, -0.25) is 9.48 Å². The van der Waals surface area contributed by atoms with Crippen LogP contribution in [0.2, 0.25) is 0 Å². The molecule has 0 aliphatic carbocycles. The lowest BCUT2D eigenvalue weighted by atomic mass is 10.1. The number of fused-ring (bicyclic) bond motifs is 1. The highest BCUT2D eigenvalue weighted by Crippen LogP contribution is 2.32. The van der Waals surface area contributed by atoms with Crippen molar-refractivity contribution in [1.82, 2.24) is 19.7 Å². The first-order valence-electron chi connectivity index (χ1n) is 11.2. The van der Waals surface area contributed by atoms with Gasteiger partial charge in [0.05, 0.1) is 29.0 Å². The number of amides is 1. The number of aryl methyl sites for hydroxylation is 2. The van der Waals surface area contributed by atoms with E-state index in [-0.39, 0.29) is 11.5 Å². The third kappa shape index (κ3) is 4.28. The first kappa shape index (κ1) is 22.5. The lowest BCUT2D eigenvalue weighted by Gasteiger charge is -2.39. The topological polar surface area (TPSA) is 88.1 Å². The summed E-state index contributed by atoms with van der Waals surface area (Å²) in [6.45, 7) is 8.45. The van der Waals surface area contributed by atoms with Crippen molar-refractivity contribution < 1.29 is 9.53 Å². The SMILES string of the molecule is Cc1cc(NC(=O)c2cccc3[nH]c(-c4ccc(N5CCOC(C)(C)C5)cc4S)nc23)n(C)n1. The number of aromatic amines is 1. The van der Waals surface area contributed by atoms with E-state index in [0.717, 1.165) is 40.4 Å². The molecular weight excluding hydrogens is 448 g/mol. The molecule has 0 saturated carbocycles. The van der Waals surface area contributed by atoms with E-state index < -0.39 is 0 Å². The maximum atomic E-state index is 13.0. The van der Waals surface area contributed by atoms with Gasteiger partial charge in [0, 0.05) is 42.3 Å². The van der Waals surface area contributed by atoms with Crippen molar-refractivity contribution in [3.63, 3.8) is 0 Å². The van der Waals surface area contributed by atoms with Crippen LogP contribution in [-0.4, -0.2) is 51.0 Å². The van der Waals surface area contributed by atoms with Crippen molar-refractivity contribution in [3.05, 3.63) is 53.7 Å². The Balaban J connectivity index is 1.45. The van der Waals surface area contributed by atoms with Gasteiger partial charge < -0.3 is 19.9 Å². The standard InChI is InChI=1S/C25H28N6O2S/c1-15-12-21(30(4)29-15)27-24(32)18-6-5-7-19-22(18)28-23(26-19)17-9-8-16(13-20(17)34)31-10-11-33-25(2,3)14-31/h5-9,12-13,34H,10-11,14H2,1-4H3,(H,26,28)(H,27,32). The fourth-order valence-corrected chi connectivity index (χ4v) is 4.72. The Morgan fingerprint density at radius 1 is 1.24 bits per heavy atom. The zero-order valence-electron chi connectivity index (χ0n) is 19.7. The minimum Gasteiger partial charge on any atom is -0.372 e. The number of benzene rings is 2. The van der Waals surface area contributed by atoms with Gasteiger partial charge in [-0.05, 0) is 51.1 Å². The third-order valence-electron chi connectivity index (χ3n) is 6.03. The van der Waals surface area contributed by atoms with Crippen molar-refractivity contribution in [2.75, 3.05) is 29.9 Å². The van der Waals surface area contributed by atoms with Gasteiger partial charge in [-0.15, -0.1) is 12.6 Å². The molecule has 3 heterocycles. The Labute approximate surface area is 203 Å². The van der Waals surface area contributed by atoms with E-state index in [9.17, 15) is 4.79 Å². The summed E-state index contributed by atoms with van der Waals surface area (Å²) in [6, 6.07) is 13.5. The molecule has 2 aromatic heterocycles. The molecule has 2 aromatic carbocycles. The minimum absolute atomic E-state index is 0.183. The second kappa shape index (κ2) is 8.48. The molecule has 0 unspecified atom stereocenters. The quantitative estimate of drug-likeness (QED) is 0.379. The summed E-state index contributed by atoms with van der Waals surface area (Å²) in [5.41, 5.74) is 4.53. The molecule has 0 radical (unpaired) electrons. The van der Waals surface area contributed by atoms with E-state index in [4.69, 9.17) is 22.3 Å². The lowest BCUT2D eigenvalue weighted by Crippen LogP contribution is -2.48. The Morgan fingerprint density at radius 3 is 2.76 bits per heavy atom. The smallest absolute Gasteiger partial charge is 0.259 e. The van der Waals surface area contributed by atoms with Crippen LogP contribution < -0.4 is 10.2 Å². The number of nitrogens with one attached hydrogen (secondary N) is 2. The van der Waals surface area contributed by atoms with Crippen molar-refractivity contribution in [1.29, 1.82) is 0 Å². The number of hydrogen-bond acceptors (Lipinski definition) is 6. The van der Waals surface area contributed by atoms with Gasteiger partial charge in [0.25, 0.3) is 5.91 Å². The van der Waals surface area contributed by atoms with Crippen LogP contribution >= 0.6 is 12.6 Å². The highest BCUT2D eigenvalue weighted by molar-refractivity contribution is 7.80. The summed E-state index contributed by atoms with van der Waals surface area (Å²) >= 11 is 4.76. The second-order valence-electron chi connectivity index (χ2n) is 9.27. The van der Waals surface area contributed by atoms with Gasteiger partial charge in [0.2, 0.25) is 0 Å². The molecule has 0 spiro atoms. The first-order valence-corrected chi connectivity index (χ1v) is 11.7. The van der Waals surface area contributed by atoms with Gasteiger partial charge in [-0.25, -0.2) is 4.98 Å². The molecule has 0 atom stereocenters. The average Bonchev–Trinajstić information content (AvgIpc) is 3.34. The van der Waals surface area contributed by atoms with Crippen LogP contribution in [0, 0.1) is 6.92 Å². The Bertz CT molecular complexity index is 1390. The summed E-state index contributed by atoms with van der Waals surface area (Å²) in [5.74, 6) is 1.07. The van der Waals surface area contributed by atoms with Crippen molar-refractivity contribution >= 4 is 41.1 Å². The molecule has 9 heteroatoms. The zero-order chi connectivity index (χ0) is 24.0. The second-order valence-corrected chi connectivity index (χ2v) is 9.75. The van der Waals surface area contributed by atoms with E-state index in [2.05, 4.69) is 46.3 Å². The summed E-state index contributed by atoms with van der Waals surface area (Å²) < 4.78 is 7.48.